The van der Waals surface area contributed by atoms with Crippen molar-refractivity contribution in [3.63, 3.8) is 0 Å². The van der Waals surface area contributed by atoms with Crippen LogP contribution in [-0.2, 0) is 16.2 Å². The van der Waals surface area contributed by atoms with E-state index in [1.54, 1.807) is 30.3 Å². The molecule has 0 spiro atoms. The minimum Gasteiger partial charge on any atom is -0.488 e. The Balaban J connectivity index is 1.83. The number of hydrogen-bond acceptors (Lipinski definition) is 4. The monoisotopic (exact) mass is 464 g/mol. The highest BCUT2D eigenvalue weighted by Gasteiger charge is 2.35. The lowest BCUT2D eigenvalue weighted by Gasteiger charge is -2.11. The van der Waals surface area contributed by atoms with Crippen molar-refractivity contribution in [3.8, 4) is 5.75 Å². The van der Waals surface area contributed by atoms with Gasteiger partial charge in [0.15, 0.2) is 0 Å². The number of urea groups is 1. The molecule has 0 aromatic heterocycles. The number of nitrogens with zero attached hydrogens (tertiary/aromatic N) is 1. The van der Waals surface area contributed by atoms with Crippen LogP contribution < -0.4 is 10.1 Å². The second kappa shape index (κ2) is 8.45. The summed E-state index contributed by atoms with van der Waals surface area (Å²) in [5.74, 6) is -1.50. The van der Waals surface area contributed by atoms with Crippen LogP contribution in [0.2, 0.25) is 5.02 Å². The first-order valence-corrected chi connectivity index (χ1v) is 9.24. The lowest BCUT2D eigenvalue weighted by Crippen LogP contribution is -2.35. The number of aliphatic carboxylic acids is 1. The number of ether oxygens (including phenoxy) is 1. The second-order valence-corrected chi connectivity index (χ2v) is 7.22. The minimum atomic E-state index is -1.28. The largest absolute Gasteiger partial charge is 0.488 e. The van der Waals surface area contributed by atoms with E-state index < -0.39 is 24.5 Å². The Morgan fingerprint density at radius 2 is 1.93 bits per heavy atom. The molecule has 1 fully saturated rings. The summed E-state index contributed by atoms with van der Waals surface area (Å²) in [6.45, 7) is -0.430. The molecule has 0 unspecified atom stereocenters. The summed E-state index contributed by atoms with van der Waals surface area (Å²) in [5, 5.41) is 11.8. The summed E-state index contributed by atoms with van der Waals surface area (Å²) >= 11 is 9.24. The van der Waals surface area contributed by atoms with Crippen molar-refractivity contribution >= 4 is 51.5 Å². The average Bonchev–Trinajstić information content (AvgIpc) is 2.89. The molecule has 28 heavy (non-hydrogen) atoms. The number of halogens is 2. The maximum absolute atomic E-state index is 12.3. The molecule has 3 amide bonds. The van der Waals surface area contributed by atoms with Gasteiger partial charge in [-0.2, -0.15) is 0 Å². The number of carbonyl (C=O) groups excluding carboxylic acids is 2. The molecule has 0 atom stereocenters. The Hall–Kier alpha value is -2.84. The smallest absolute Gasteiger partial charge is 0.329 e. The van der Waals surface area contributed by atoms with Crippen LogP contribution in [0.25, 0.3) is 6.08 Å². The Bertz CT molecular complexity index is 975. The van der Waals surface area contributed by atoms with Crippen molar-refractivity contribution < 1.29 is 24.2 Å². The third kappa shape index (κ3) is 4.71. The number of carbonyl (C=O) groups is 3. The van der Waals surface area contributed by atoms with Gasteiger partial charge in [0.1, 0.15) is 24.6 Å². The van der Waals surface area contributed by atoms with Crippen molar-refractivity contribution in [3.05, 3.63) is 68.8 Å². The van der Waals surface area contributed by atoms with Crippen LogP contribution in [0.5, 0.6) is 5.75 Å². The first-order valence-electron chi connectivity index (χ1n) is 8.06. The molecule has 3 rings (SSSR count). The van der Waals surface area contributed by atoms with Crippen LogP contribution >= 0.6 is 27.5 Å². The zero-order chi connectivity index (χ0) is 20.3. The molecule has 1 aliphatic rings. The van der Waals surface area contributed by atoms with Crippen LogP contribution in [0.1, 0.15) is 11.1 Å². The van der Waals surface area contributed by atoms with Crippen molar-refractivity contribution in [1.29, 1.82) is 0 Å². The van der Waals surface area contributed by atoms with E-state index in [9.17, 15) is 14.4 Å². The van der Waals surface area contributed by atoms with E-state index >= 15 is 0 Å². The van der Waals surface area contributed by atoms with Gasteiger partial charge in [-0.25, -0.2) is 9.69 Å². The normalized spacial score (nSPS) is 15.1. The van der Waals surface area contributed by atoms with E-state index in [2.05, 4.69) is 21.2 Å². The number of amides is 3. The maximum Gasteiger partial charge on any atom is 0.329 e. The SMILES string of the molecule is O=C(O)CN1C(=O)N/C(=C/c2cc(Br)ccc2OCc2ccc(Cl)cc2)C1=O. The quantitative estimate of drug-likeness (QED) is 0.501. The molecule has 0 radical (unpaired) electrons. The van der Waals surface area contributed by atoms with Crippen molar-refractivity contribution in [1.82, 2.24) is 10.2 Å². The molecule has 2 aromatic rings. The summed E-state index contributed by atoms with van der Waals surface area (Å²) in [4.78, 5) is 35.6. The van der Waals surface area contributed by atoms with Gasteiger partial charge in [0.25, 0.3) is 5.91 Å². The van der Waals surface area contributed by atoms with E-state index in [-0.39, 0.29) is 12.3 Å². The van der Waals surface area contributed by atoms with E-state index in [1.165, 1.54) is 6.08 Å². The van der Waals surface area contributed by atoms with Gasteiger partial charge in [-0.1, -0.05) is 39.7 Å². The van der Waals surface area contributed by atoms with Crippen LogP contribution in [0, 0.1) is 0 Å². The van der Waals surface area contributed by atoms with Gasteiger partial charge in [0.05, 0.1) is 0 Å². The standard InChI is InChI=1S/C19H14BrClN2O5/c20-13-3-6-16(28-10-11-1-4-14(21)5-2-11)12(7-13)8-15-18(26)23(9-17(24)25)19(27)22-15/h1-8H,9-10H2,(H,22,27)(H,24,25)/b15-8+. The summed E-state index contributed by atoms with van der Waals surface area (Å²) in [6, 6.07) is 11.6. The Labute approximate surface area is 173 Å². The Morgan fingerprint density at radius 3 is 2.61 bits per heavy atom. The van der Waals surface area contributed by atoms with Gasteiger partial charge in [0, 0.05) is 15.1 Å². The third-order valence-electron chi connectivity index (χ3n) is 3.83. The van der Waals surface area contributed by atoms with Gasteiger partial charge in [-0.05, 0) is 42.0 Å². The lowest BCUT2D eigenvalue weighted by molar-refractivity contribution is -0.140. The number of hydrogen-bond donors (Lipinski definition) is 2. The predicted octanol–water partition coefficient (Wildman–Crippen LogP) is 3.66. The molecular weight excluding hydrogens is 452 g/mol. The number of rotatable bonds is 6. The number of imide groups is 1. The molecule has 0 aliphatic carbocycles. The molecule has 0 saturated carbocycles. The number of carboxylic acids is 1. The topological polar surface area (TPSA) is 95.9 Å². The summed E-state index contributed by atoms with van der Waals surface area (Å²) < 4.78 is 6.59. The van der Waals surface area contributed by atoms with Crippen LogP contribution in [0.3, 0.4) is 0 Å². The summed E-state index contributed by atoms with van der Waals surface area (Å²) in [6.07, 6.45) is 1.45. The molecule has 2 N–H and O–H groups in total. The molecule has 1 heterocycles. The zero-order valence-corrected chi connectivity index (χ0v) is 16.7. The number of benzene rings is 2. The Kier molecular flexibility index (Phi) is 6.01. The fourth-order valence-electron chi connectivity index (χ4n) is 2.51. The summed E-state index contributed by atoms with van der Waals surface area (Å²) in [7, 11) is 0. The van der Waals surface area contributed by atoms with Crippen LogP contribution in [-0.4, -0.2) is 34.5 Å². The van der Waals surface area contributed by atoms with Gasteiger partial charge < -0.3 is 15.2 Å². The lowest BCUT2D eigenvalue weighted by atomic mass is 10.1. The number of nitrogens with one attached hydrogen (secondary N) is 1. The maximum atomic E-state index is 12.3. The van der Waals surface area contributed by atoms with Crippen molar-refractivity contribution in [2.24, 2.45) is 0 Å². The van der Waals surface area contributed by atoms with Crippen LogP contribution in [0.15, 0.2) is 52.6 Å². The molecule has 0 bridgehead atoms. The highest BCUT2D eigenvalue weighted by Crippen LogP contribution is 2.27. The fraction of sp³-hybridized carbons (Fsp3) is 0.105. The molecular formula is C19H14BrClN2O5. The zero-order valence-electron chi connectivity index (χ0n) is 14.3. The Morgan fingerprint density at radius 1 is 1.21 bits per heavy atom. The average molecular weight is 466 g/mol. The van der Waals surface area contributed by atoms with Gasteiger partial charge >= 0.3 is 12.0 Å². The molecule has 144 valence electrons. The van der Waals surface area contributed by atoms with E-state index in [0.29, 0.717) is 21.2 Å². The molecule has 9 heteroatoms. The van der Waals surface area contributed by atoms with Crippen LogP contribution in [0.4, 0.5) is 4.79 Å². The first-order chi connectivity index (χ1) is 13.3. The highest BCUT2D eigenvalue weighted by molar-refractivity contribution is 9.10. The molecule has 7 nitrogen and oxygen atoms in total. The molecule has 1 saturated heterocycles. The van der Waals surface area contributed by atoms with Gasteiger partial charge in [-0.15, -0.1) is 0 Å². The number of carboxylic acid groups (broad SMARTS) is 1. The van der Waals surface area contributed by atoms with Gasteiger partial charge in [-0.3, -0.25) is 9.59 Å². The van der Waals surface area contributed by atoms with Crippen molar-refractivity contribution in [2.75, 3.05) is 6.54 Å². The van der Waals surface area contributed by atoms with Gasteiger partial charge in [0.2, 0.25) is 0 Å². The third-order valence-corrected chi connectivity index (χ3v) is 4.58. The molecule has 2 aromatic carbocycles. The highest BCUT2D eigenvalue weighted by atomic mass is 79.9. The summed E-state index contributed by atoms with van der Waals surface area (Å²) in [5.41, 5.74) is 1.42. The first kappa shape index (κ1) is 19.9. The molecule has 1 aliphatic heterocycles. The van der Waals surface area contributed by atoms with E-state index in [4.69, 9.17) is 21.4 Å². The van der Waals surface area contributed by atoms with E-state index in [0.717, 1.165) is 10.0 Å². The minimum absolute atomic E-state index is 0.0271. The van der Waals surface area contributed by atoms with E-state index in [1.807, 2.05) is 12.1 Å². The van der Waals surface area contributed by atoms with Crippen molar-refractivity contribution in [2.45, 2.75) is 6.61 Å². The fourth-order valence-corrected chi connectivity index (χ4v) is 3.02. The predicted molar refractivity (Wildman–Crippen MR) is 106 cm³/mol. The second-order valence-electron chi connectivity index (χ2n) is 5.87.